The standard InChI is InChI=1S/C21H20ClN3O4S/c1-14-18(22)8-5-9-19(14)25(30(2,28)29)13-21(27)24-23-12-17-16-7-4-3-6-15(16)10-11-20(17)26/h3-12,26H,13H2,1-2H3,(H,24,27)/b23-12-. The zero-order valence-corrected chi connectivity index (χ0v) is 17.9. The number of hydrogen-bond donors (Lipinski definition) is 2. The zero-order valence-electron chi connectivity index (χ0n) is 16.3. The van der Waals surface area contributed by atoms with Crippen LogP contribution < -0.4 is 9.73 Å². The number of phenolic OH excluding ortho intramolecular Hbond substituents is 1. The molecule has 0 bridgehead atoms. The number of amides is 1. The van der Waals surface area contributed by atoms with E-state index in [1.165, 1.54) is 6.21 Å². The fraction of sp³-hybridized carbons (Fsp3) is 0.143. The molecule has 0 atom stereocenters. The first kappa shape index (κ1) is 21.6. The van der Waals surface area contributed by atoms with Crippen LogP contribution in [-0.2, 0) is 14.8 Å². The van der Waals surface area contributed by atoms with Gasteiger partial charge in [0.1, 0.15) is 12.3 Å². The van der Waals surface area contributed by atoms with Crippen LogP contribution in [0.1, 0.15) is 11.1 Å². The second-order valence-corrected chi connectivity index (χ2v) is 8.98. The maximum atomic E-state index is 12.4. The predicted molar refractivity (Wildman–Crippen MR) is 120 cm³/mol. The Morgan fingerprint density at radius 3 is 2.63 bits per heavy atom. The molecule has 0 radical (unpaired) electrons. The van der Waals surface area contributed by atoms with Crippen LogP contribution in [0.3, 0.4) is 0 Å². The van der Waals surface area contributed by atoms with Crippen molar-refractivity contribution in [1.82, 2.24) is 5.43 Å². The van der Waals surface area contributed by atoms with Gasteiger partial charge in [0.15, 0.2) is 0 Å². The molecule has 0 heterocycles. The summed E-state index contributed by atoms with van der Waals surface area (Å²) in [6, 6.07) is 15.6. The second kappa shape index (κ2) is 8.73. The van der Waals surface area contributed by atoms with E-state index in [-0.39, 0.29) is 5.75 Å². The molecule has 0 fully saturated rings. The lowest BCUT2D eigenvalue weighted by atomic mass is 10.0. The fourth-order valence-corrected chi connectivity index (χ4v) is 4.08. The molecule has 1 amide bonds. The molecule has 156 valence electrons. The minimum Gasteiger partial charge on any atom is -0.507 e. The first-order valence-corrected chi connectivity index (χ1v) is 11.2. The van der Waals surface area contributed by atoms with Crippen molar-refractivity contribution in [1.29, 1.82) is 0 Å². The Bertz CT molecular complexity index is 1240. The first-order valence-electron chi connectivity index (χ1n) is 8.94. The smallest absolute Gasteiger partial charge is 0.260 e. The number of carbonyl (C=O) groups is 1. The van der Waals surface area contributed by atoms with E-state index in [1.807, 2.05) is 24.3 Å². The number of fused-ring (bicyclic) bond motifs is 1. The van der Waals surface area contributed by atoms with Crippen molar-refractivity contribution in [2.24, 2.45) is 5.10 Å². The van der Waals surface area contributed by atoms with Crippen molar-refractivity contribution in [3.63, 3.8) is 0 Å². The quantitative estimate of drug-likeness (QED) is 0.448. The van der Waals surface area contributed by atoms with E-state index in [4.69, 9.17) is 11.6 Å². The molecule has 9 heteroatoms. The van der Waals surface area contributed by atoms with Crippen LogP contribution in [0, 0.1) is 6.92 Å². The lowest BCUT2D eigenvalue weighted by Gasteiger charge is -2.23. The average Bonchev–Trinajstić information content (AvgIpc) is 2.69. The number of anilines is 1. The van der Waals surface area contributed by atoms with Crippen molar-refractivity contribution < 1.29 is 18.3 Å². The van der Waals surface area contributed by atoms with Gasteiger partial charge in [-0.3, -0.25) is 9.10 Å². The summed E-state index contributed by atoms with van der Waals surface area (Å²) < 4.78 is 25.5. The van der Waals surface area contributed by atoms with Gasteiger partial charge in [-0.25, -0.2) is 13.8 Å². The number of rotatable bonds is 6. The van der Waals surface area contributed by atoms with Gasteiger partial charge in [-0.2, -0.15) is 5.10 Å². The van der Waals surface area contributed by atoms with E-state index in [9.17, 15) is 18.3 Å². The lowest BCUT2D eigenvalue weighted by Crippen LogP contribution is -2.39. The predicted octanol–water partition coefficient (Wildman–Crippen LogP) is 3.42. The molecule has 0 aliphatic rings. The minimum atomic E-state index is -3.74. The van der Waals surface area contributed by atoms with Gasteiger partial charge in [-0.1, -0.05) is 48.0 Å². The van der Waals surface area contributed by atoms with E-state index in [0.717, 1.165) is 21.3 Å². The van der Waals surface area contributed by atoms with Crippen LogP contribution in [-0.4, -0.2) is 38.4 Å². The van der Waals surface area contributed by atoms with E-state index in [2.05, 4.69) is 10.5 Å². The molecule has 3 aromatic carbocycles. The molecule has 0 unspecified atom stereocenters. The van der Waals surface area contributed by atoms with Crippen LogP contribution >= 0.6 is 11.6 Å². The summed E-state index contributed by atoms with van der Waals surface area (Å²) in [5.41, 5.74) is 3.61. The molecule has 0 aliphatic carbocycles. The second-order valence-electron chi connectivity index (χ2n) is 6.67. The van der Waals surface area contributed by atoms with Crippen LogP contribution in [0.25, 0.3) is 10.8 Å². The van der Waals surface area contributed by atoms with Gasteiger partial charge in [-0.05, 0) is 41.5 Å². The maximum Gasteiger partial charge on any atom is 0.260 e. The Morgan fingerprint density at radius 2 is 1.90 bits per heavy atom. The highest BCUT2D eigenvalue weighted by molar-refractivity contribution is 7.92. The zero-order chi connectivity index (χ0) is 21.9. The molecule has 0 saturated heterocycles. The van der Waals surface area contributed by atoms with E-state index in [1.54, 1.807) is 37.3 Å². The minimum absolute atomic E-state index is 0.0130. The first-order chi connectivity index (χ1) is 14.2. The summed E-state index contributed by atoms with van der Waals surface area (Å²) in [6.45, 7) is 1.20. The van der Waals surface area contributed by atoms with Gasteiger partial charge < -0.3 is 5.11 Å². The van der Waals surface area contributed by atoms with Crippen molar-refractivity contribution in [2.75, 3.05) is 17.1 Å². The number of nitrogens with zero attached hydrogens (tertiary/aromatic N) is 2. The summed E-state index contributed by atoms with van der Waals surface area (Å²) in [6.07, 6.45) is 2.34. The van der Waals surface area contributed by atoms with Crippen LogP contribution in [0.5, 0.6) is 5.75 Å². The number of hydrogen-bond acceptors (Lipinski definition) is 5. The number of benzene rings is 3. The monoisotopic (exact) mass is 445 g/mol. The molecular formula is C21H20ClN3O4S. The topological polar surface area (TPSA) is 99.1 Å². The van der Waals surface area contributed by atoms with Gasteiger partial charge in [0.05, 0.1) is 18.2 Å². The fourth-order valence-electron chi connectivity index (χ4n) is 3.00. The van der Waals surface area contributed by atoms with Crippen LogP contribution in [0.2, 0.25) is 5.02 Å². The van der Waals surface area contributed by atoms with Gasteiger partial charge in [0.2, 0.25) is 10.0 Å². The Kier molecular flexibility index (Phi) is 6.28. The number of hydrazone groups is 1. The summed E-state index contributed by atoms with van der Waals surface area (Å²) in [4.78, 5) is 12.4. The summed E-state index contributed by atoms with van der Waals surface area (Å²) in [7, 11) is -3.74. The highest BCUT2D eigenvalue weighted by atomic mass is 35.5. The average molecular weight is 446 g/mol. The van der Waals surface area contributed by atoms with E-state index in [0.29, 0.717) is 21.8 Å². The van der Waals surface area contributed by atoms with Gasteiger partial charge in [0, 0.05) is 10.6 Å². The van der Waals surface area contributed by atoms with Crippen molar-refractivity contribution in [2.45, 2.75) is 6.92 Å². The molecule has 0 aromatic heterocycles. The SMILES string of the molecule is Cc1c(Cl)cccc1N(CC(=O)N/N=C\c1c(O)ccc2ccccc12)S(C)(=O)=O. The molecule has 7 nitrogen and oxygen atoms in total. The molecule has 3 aromatic rings. The summed E-state index contributed by atoms with van der Waals surface area (Å²) in [5.74, 6) is -0.630. The Hall–Kier alpha value is -3.10. The van der Waals surface area contributed by atoms with Crippen LogP contribution in [0.4, 0.5) is 5.69 Å². The summed E-state index contributed by atoms with van der Waals surface area (Å²) >= 11 is 6.09. The normalized spacial score (nSPS) is 11.7. The van der Waals surface area contributed by atoms with Gasteiger partial charge in [0.25, 0.3) is 5.91 Å². The number of sulfonamides is 1. The highest BCUT2D eigenvalue weighted by Crippen LogP contribution is 2.28. The molecule has 2 N–H and O–H groups in total. The van der Waals surface area contributed by atoms with Crippen molar-refractivity contribution in [3.8, 4) is 5.75 Å². The van der Waals surface area contributed by atoms with E-state index >= 15 is 0 Å². The van der Waals surface area contributed by atoms with Crippen LogP contribution in [0.15, 0.2) is 59.7 Å². The van der Waals surface area contributed by atoms with Gasteiger partial charge >= 0.3 is 0 Å². The molecular weight excluding hydrogens is 426 g/mol. The molecule has 0 saturated carbocycles. The lowest BCUT2D eigenvalue weighted by molar-refractivity contribution is -0.119. The van der Waals surface area contributed by atoms with E-state index < -0.39 is 22.5 Å². The third kappa shape index (κ3) is 4.72. The number of aromatic hydroxyl groups is 1. The van der Waals surface area contributed by atoms with Crippen molar-refractivity contribution >= 4 is 50.2 Å². The van der Waals surface area contributed by atoms with Crippen molar-refractivity contribution in [3.05, 3.63) is 70.7 Å². The largest absolute Gasteiger partial charge is 0.507 e. The maximum absolute atomic E-state index is 12.4. The Morgan fingerprint density at radius 1 is 1.17 bits per heavy atom. The highest BCUT2D eigenvalue weighted by Gasteiger charge is 2.23. The van der Waals surface area contributed by atoms with Gasteiger partial charge in [-0.15, -0.1) is 0 Å². The summed E-state index contributed by atoms with van der Waals surface area (Å²) in [5, 5.41) is 16.1. The molecule has 30 heavy (non-hydrogen) atoms. The Balaban J connectivity index is 1.81. The molecule has 0 aliphatic heterocycles. The third-order valence-corrected chi connectivity index (χ3v) is 6.06. The third-order valence-electron chi connectivity index (χ3n) is 4.53. The number of halogens is 1. The number of carbonyl (C=O) groups excluding carboxylic acids is 1. The molecule has 0 spiro atoms. The molecule has 3 rings (SSSR count). The Labute approximate surface area is 179 Å². The number of nitrogens with one attached hydrogen (secondary N) is 1. The number of phenols is 1.